The van der Waals surface area contributed by atoms with Gasteiger partial charge in [0.2, 0.25) is 0 Å². The molecule has 0 N–H and O–H groups in total. The molecule has 1 aliphatic rings. The maximum atomic E-state index is 8.88. The third-order valence-electron chi connectivity index (χ3n) is 2.63. The van der Waals surface area contributed by atoms with Gasteiger partial charge in [0.15, 0.2) is 0 Å². The minimum Gasteiger partial charge on any atom is -0.382 e. The lowest BCUT2D eigenvalue weighted by molar-refractivity contribution is 0.0538. The van der Waals surface area contributed by atoms with Crippen molar-refractivity contribution in [2.75, 3.05) is 7.11 Å². The number of methoxy groups -OCH3 is 1. The zero-order valence-electron chi connectivity index (χ0n) is 7.26. The summed E-state index contributed by atoms with van der Waals surface area (Å²) in [5.41, 5.74) is -0.0323. The molecule has 1 saturated carbocycles. The second-order valence-corrected chi connectivity index (χ2v) is 3.50. The average Bonchev–Trinajstić information content (AvgIpc) is 1.96. The van der Waals surface area contributed by atoms with Crippen molar-refractivity contribution in [3.63, 3.8) is 0 Å². The lowest BCUT2D eigenvalue weighted by Gasteiger charge is -2.36. The van der Waals surface area contributed by atoms with Gasteiger partial charge in [-0.25, -0.2) is 0 Å². The Hall–Kier alpha value is -0.550. The van der Waals surface area contributed by atoms with Crippen molar-refractivity contribution in [2.24, 2.45) is 5.41 Å². The first-order valence-electron chi connectivity index (χ1n) is 4.16. The number of hydrogen-bond acceptors (Lipinski definition) is 2. The summed E-state index contributed by atoms with van der Waals surface area (Å²) in [6.45, 7) is 2.03. The van der Waals surface area contributed by atoms with Crippen molar-refractivity contribution < 1.29 is 4.74 Å². The third kappa shape index (κ3) is 1.72. The van der Waals surface area contributed by atoms with Crippen LogP contribution < -0.4 is 0 Å². The molecule has 1 aliphatic carbocycles. The van der Waals surface area contributed by atoms with Crippen LogP contribution in [0.5, 0.6) is 0 Å². The van der Waals surface area contributed by atoms with Gasteiger partial charge < -0.3 is 4.74 Å². The molecule has 0 saturated heterocycles. The highest BCUT2D eigenvalue weighted by molar-refractivity contribution is 5.05. The highest BCUT2D eigenvalue weighted by Gasteiger charge is 2.38. The monoisotopic (exact) mass is 153 g/mol. The summed E-state index contributed by atoms with van der Waals surface area (Å²) >= 11 is 0. The number of rotatable bonds is 3. The van der Waals surface area contributed by atoms with Gasteiger partial charge in [-0.1, -0.05) is 6.42 Å². The van der Waals surface area contributed by atoms with E-state index in [9.17, 15) is 0 Å². The average molecular weight is 153 g/mol. The normalized spacial score (nSPS) is 23.4. The molecule has 1 atom stereocenters. The molecule has 11 heavy (non-hydrogen) atoms. The molecule has 2 nitrogen and oxygen atoms in total. The highest BCUT2D eigenvalue weighted by atomic mass is 16.5. The molecule has 0 spiro atoms. The SMILES string of the molecule is COC(C)CC1(C#N)CCC1. The van der Waals surface area contributed by atoms with Gasteiger partial charge in [-0.3, -0.25) is 0 Å². The predicted molar refractivity (Wildman–Crippen MR) is 43.0 cm³/mol. The summed E-state index contributed by atoms with van der Waals surface area (Å²) in [5, 5.41) is 8.88. The first-order chi connectivity index (χ1) is 5.22. The van der Waals surface area contributed by atoms with Gasteiger partial charge in [0.1, 0.15) is 0 Å². The second kappa shape index (κ2) is 3.23. The molecule has 0 bridgehead atoms. The molecule has 1 rings (SSSR count). The van der Waals surface area contributed by atoms with E-state index in [1.165, 1.54) is 6.42 Å². The summed E-state index contributed by atoms with van der Waals surface area (Å²) in [5.74, 6) is 0. The van der Waals surface area contributed by atoms with Crippen molar-refractivity contribution in [3.05, 3.63) is 0 Å². The van der Waals surface area contributed by atoms with Gasteiger partial charge in [0.25, 0.3) is 0 Å². The van der Waals surface area contributed by atoms with Crippen LogP contribution in [0, 0.1) is 16.7 Å². The molecule has 62 valence electrons. The third-order valence-corrected chi connectivity index (χ3v) is 2.63. The standard InChI is InChI=1S/C9H15NO/c1-8(11-2)6-9(7-10)4-3-5-9/h8H,3-6H2,1-2H3. The zero-order chi connectivity index (χ0) is 8.32. The Morgan fingerprint density at radius 3 is 2.55 bits per heavy atom. The molecule has 0 aliphatic heterocycles. The van der Waals surface area contributed by atoms with Crippen LogP contribution in [-0.4, -0.2) is 13.2 Å². The summed E-state index contributed by atoms with van der Waals surface area (Å²) in [4.78, 5) is 0. The zero-order valence-corrected chi connectivity index (χ0v) is 7.26. The molecule has 2 heteroatoms. The molecule has 0 radical (unpaired) electrons. The largest absolute Gasteiger partial charge is 0.382 e. The predicted octanol–water partition coefficient (Wildman–Crippen LogP) is 2.11. The van der Waals surface area contributed by atoms with Gasteiger partial charge in [-0.05, 0) is 26.2 Å². The maximum Gasteiger partial charge on any atom is 0.0690 e. The Morgan fingerprint density at radius 1 is 1.64 bits per heavy atom. The molecule has 1 unspecified atom stereocenters. The smallest absolute Gasteiger partial charge is 0.0690 e. The maximum absolute atomic E-state index is 8.88. The van der Waals surface area contributed by atoms with E-state index in [1.54, 1.807) is 7.11 Å². The Labute approximate surface area is 68.2 Å². The number of nitriles is 1. The Bertz CT molecular complexity index is 167. The summed E-state index contributed by atoms with van der Waals surface area (Å²) in [6.07, 6.45) is 4.48. The van der Waals surface area contributed by atoms with E-state index in [-0.39, 0.29) is 11.5 Å². The number of nitrogens with zero attached hydrogens (tertiary/aromatic N) is 1. The van der Waals surface area contributed by atoms with Crippen molar-refractivity contribution in [2.45, 2.75) is 38.7 Å². The molecular formula is C9H15NO. The van der Waals surface area contributed by atoms with Gasteiger partial charge in [0, 0.05) is 7.11 Å². The van der Waals surface area contributed by atoms with Crippen LogP contribution in [0.1, 0.15) is 32.6 Å². The Kier molecular flexibility index (Phi) is 2.51. The van der Waals surface area contributed by atoms with Crippen LogP contribution in [0.4, 0.5) is 0 Å². The second-order valence-electron chi connectivity index (χ2n) is 3.50. The Morgan fingerprint density at radius 2 is 2.27 bits per heavy atom. The molecule has 0 aromatic carbocycles. The van der Waals surface area contributed by atoms with Crippen LogP contribution in [0.15, 0.2) is 0 Å². The van der Waals surface area contributed by atoms with Gasteiger partial charge in [-0.2, -0.15) is 5.26 Å². The lowest BCUT2D eigenvalue weighted by Crippen LogP contribution is -2.31. The van der Waals surface area contributed by atoms with E-state index < -0.39 is 0 Å². The van der Waals surface area contributed by atoms with Crippen LogP contribution in [0.2, 0.25) is 0 Å². The first kappa shape index (κ1) is 8.55. The fourth-order valence-electron chi connectivity index (χ4n) is 1.60. The van der Waals surface area contributed by atoms with Gasteiger partial charge >= 0.3 is 0 Å². The van der Waals surface area contributed by atoms with Gasteiger partial charge in [-0.15, -0.1) is 0 Å². The fourth-order valence-corrected chi connectivity index (χ4v) is 1.60. The Balaban J connectivity index is 2.40. The van der Waals surface area contributed by atoms with Crippen LogP contribution in [0.3, 0.4) is 0 Å². The first-order valence-corrected chi connectivity index (χ1v) is 4.16. The highest BCUT2D eigenvalue weighted by Crippen LogP contribution is 2.44. The summed E-state index contributed by atoms with van der Waals surface area (Å²) in [7, 11) is 1.70. The minimum atomic E-state index is -0.0323. The summed E-state index contributed by atoms with van der Waals surface area (Å²) < 4.78 is 5.13. The number of ether oxygens (including phenoxy) is 1. The van der Waals surface area contributed by atoms with Crippen molar-refractivity contribution in [3.8, 4) is 6.07 Å². The molecule has 0 aromatic heterocycles. The van der Waals surface area contributed by atoms with Crippen molar-refractivity contribution in [1.29, 1.82) is 5.26 Å². The minimum absolute atomic E-state index is 0.0323. The van der Waals surface area contributed by atoms with E-state index in [0.29, 0.717) is 0 Å². The molecule has 0 aromatic rings. The van der Waals surface area contributed by atoms with Crippen LogP contribution in [0.25, 0.3) is 0 Å². The molecule has 1 fully saturated rings. The van der Waals surface area contributed by atoms with E-state index in [2.05, 4.69) is 6.07 Å². The number of hydrogen-bond donors (Lipinski definition) is 0. The van der Waals surface area contributed by atoms with E-state index in [0.717, 1.165) is 19.3 Å². The lowest BCUT2D eigenvalue weighted by atomic mass is 9.67. The molecule has 0 heterocycles. The van der Waals surface area contributed by atoms with Crippen LogP contribution in [-0.2, 0) is 4.74 Å². The fraction of sp³-hybridized carbons (Fsp3) is 0.889. The van der Waals surface area contributed by atoms with Crippen molar-refractivity contribution >= 4 is 0 Å². The molecule has 0 amide bonds. The van der Waals surface area contributed by atoms with E-state index in [1.807, 2.05) is 6.92 Å². The quantitative estimate of drug-likeness (QED) is 0.622. The van der Waals surface area contributed by atoms with Gasteiger partial charge in [0.05, 0.1) is 17.6 Å². The topological polar surface area (TPSA) is 33.0 Å². The molecular weight excluding hydrogens is 138 g/mol. The van der Waals surface area contributed by atoms with Crippen LogP contribution >= 0.6 is 0 Å². The van der Waals surface area contributed by atoms with E-state index >= 15 is 0 Å². The van der Waals surface area contributed by atoms with E-state index in [4.69, 9.17) is 10.00 Å². The van der Waals surface area contributed by atoms with Crippen molar-refractivity contribution in [1.82, 2.24) is 0 Å². The summed E-state index contributed by atoms with van der Waals surface area (Å²) in [6, 6.07) is 2.40.